The van der Waals surface area contributed by atoms with Gasteiger partial charge >= 0.3 is 0 Å². The van der Waals surface area contributed by atoms with Crippen LogP contribution < -0.4 is 0 Å². The van der Waals surface area contributed by atoms with Crippen molar-refractivity contribution in [3.8, 4) is 11.8 Å². The third-order valence-corrected chi connectivity index (χ3v) is 3.61. The van der Waals surface area contributed by atoms with Crippen molar-refractivity contribution in [3.05, 3.63) is 35.4 Å². The van der Waals surface area contributed by atoms with Crippen molar-refractivity contribution in [2.24, 2.45) is 0 Å². The SMILES string of the molecule is CC1(C)CCCN1C(=O)c1ccccc1C#CCO. The van der Waals surface area contributed by atoms with E-state index in [0.717, 1.165) is 19.4 Å². The molecule has 1 aliphatic heterocycles. The Morgan fingerprint density at radius 1 is 1.42 bits per heavy atom. The van der Waals surface area contributed by atoms with E-state index < -0.39 is 0 Å². The molecule has 0 radical (unpaired) electrons. The number of rotatable bonds is 1. The van der Waals surface area contributed by atoms with Crippen LogP contribution in [0.25, 0.3) is 0 Å². The summed E-state index contributed by atoms with van der Waals surface area (Å²) in [5.74, 6) is 5.49. The lowest BCUT2D eigenvalue weighted by Gasteiger charge is -2.32. The van der Waals surface area contributed by atoms with Crippen LogP contribution in [0.5, 0.6) is 0 Å². The molecule has 1 amide bonds. The standard InChI is InChI=1S/C16H19NO2/c1-16(2)10-6-11-17(16)15(19)14-9-4-3-7-13(14)8-5-12-18/h3-4,7,9,18H,6,10-12H2,1-2H3. The molecule has 0 aromatic heterocycles. The average Bonchev–Trinajstić information content (AvgIpc) is 2.75. The number of likely N-dealkylation sites (tertiary alicyclic amines) is 1. The number of aliphatic hydroxyl groups excluding tert-OH is 1. The quantitative estimate of drug-likeness (QED) is 0.782. The maximum Gasteiger partial charge on any atom is 0.255 e. The molecular weight excluding hydrogens is 238 g/mol. The zero-order valence-electron chi connectivity index (χ0n) is 11.4. The molecule has 0 unspecified atom stereocenters. The highest BCUT2D eigenvalue weighted by Crippen LogP contribution is 2.30. The normalized spacial score (nSPS) is 16.9. The molecule has 1 aromatic rings. The maximum absolute atomic E-state index is 12.6. The van der Waals surface area contributed by atoms with Crippen molar-refractivity contribution in [2.45, 2.75) is 32.2 Å². The van der Waals surface area contributed by atoms with Crippen molar-refractivity contribution in [3.63, 3.8) is 0 Å². The Hall–Kier alpha value is -1.79. The van der Waals surface area contributed by atoms with Gasteiger partial charge in [-0.3, -0.25) is 4.79 Å². The van der Waals surface area contributed by atoms with E-state index in [2.05, 4.69) is 25.7 Å². The molecule has 1 heterocycles. The number of amides is 1. The van der Waals surface area contributed by atoms with Crippen LogP contribution in [0.1, 0.15) is 42.6 Å². The van der Waals surface area contributed by atoms with Crippen molar-refractivity contribution in [2.75, 3.05) is 13.2 Å². The molecule has 0 saturated carbocycles. The number of carbonyl (C=O) groups excluding carboxylic acids is 1. The molecule has 3 heteroatoms. The molecule has 19 heavy (non-hydrogen) atoms. The number of aliphatic hydroxyl groups is 1. The first-order chi connectivity index (χ1) is 9.06. The number of nitrogens with zero attached hydrogens (tertiary/aromatic N) is 1. The minimum atomic E-state index is -0.197. The van der Waals surface area contributed by atoms with E-state index >= 15 is 0 Å². The molecule has 0 bridgehead atoms. The second kappa shape index (κ2) is 5.46. The van der Waals surface area contributed by atoms with E-state index in [1.54, 1.807) is 6.07 Å². The van der Waals surface area contributed by atoms with E-state index in [1.165, 1.54) is 0 Å². The molecule has 1 aromatic carbocycles. The summed E-state index contributed by atoms with van der Waals surface area (Å²) in [4.78, 5) is 14.6. The Morgan fingerprint density at radius 2 is 2.16 bits per heavy atom. The lowest BCUT2D eigenvalue weighted by Crippen LogP contribution is -2.42. The summed E-state index contributed by atoms with van der Waals surface area (Å²) < 4.78 is 0. The van der Waals surface area contributed by atoms with Crippen molar-refractivity contribution in [1.29, 1.82) is 0 Å². The summed E-state index contributed by atoms with van der Waals surface area (Å²) in [5.41, 5.74) is 1.22. The minimum absolute atomic E-state index is 0.0327. The summed E-state index contributed by atoms with van der Waals surface area (Å²) in [6.07, 6.45) is 2.08. The van der Waals surface area contributed by atoms with Gasteiger partial charge in [0.2, 0.25) is 0 Å². The fourth-order valence-corrected chi connectivity index (χ4v) is 2.54. The van der Waals surface area contributed by atoms with Crippen LogP contribution in [0.4, 0.5) is 0 Å². The summed E-state index contributed by atoms with van der Waals surface area (Å²) in [6.45, 7) is 4.80. The van der Waals surface area contributed by atoms with Gasteiger partial charge in [-0.15, -0.1) is 0 Å². The highest BCUT2D eigenvalue weighted by molar-refractivity contribution is 5.97. The molecule has 0 aliphatic carbocycles. The molecule has 1 saturated heterocycles. The average molecular weight is 257 g/mol. The van der Waals surface area contributed by atoms with Gasteiger partial charge in [0.25, 0.3) is 5.91 Å². The largest absolute Gasteiger partial charge is 0.384 e. The zero-order chi connectivity index (χ0) is 13.9. The fourth-order valence-electron chi connectivity index (χ4n) is 2.54. The molecule has 1 N–H and O–H groups in total. The van der Waals surface area contributed by atoms with E-state index in [9.17, 15) is 4.79 Å². The van der Waals surface area contributed by atoms with Gasteiger partial charge in [-0.1, -0.05) is 24.0 Å². The second-order valence-corrected chi connectivity index (χ2v) is 5.38. The third kappa shape index (κ3) is 2.80. The zero-order valence-corrected chi connectivity index (χ0v) is 11.4. The monoisotopic (exact) mass is 257 g/mol. The van der Waals surface area contributed by atoms with Gasteiger partial charge in [-0.05, 0) is 38.8 Å². The number of carbonyl (C=O) groups is 1. The first-order valence-electron chi connectivity index (χ1n) is 6.57. The van der Waals surface area contributed by atoms with Crippen molar-refractivity contribution >= 4 is 5.91 Å². The van der Waals surface area contributed by atoms with Crippen LogP contribution in [0, 0.1) is 11.8 Å². The smallest absolute Gasteiger partial charge is 0.255 e. The molecule has 0 spiro atoms. The Morgan fingerprint density at radius 3 is 2.79 bits per heavy atom. The van der Waals surface area contributed by atoms with Crippen LogP contribution in [0.2, 0.25) is 0 Å². The van der Waals surface area contributed by atoms with Crippen LogP contribution in [-0.2, 0) is 0 Å². The van der Waals surface area contributed by atoms with E-state index in [1.807, 2.05) is 23.1 Å². The molecule has 1 aliphatic rings. The second-order valence-electron chi connectivity index (χ2n) is 5.38. The maximum atomic E-state index is 12.6. The topological polar surface area (TPSA) is 40.5 Å². The first kappa shape index (κ1) is 13.6. The van der Waals surface area contributed by atoms with Crippen LogP contribution in [-0.4, -0.2) is 34.6 Å². The summed E-state index contributed by atoms with van der Waals surface area (Å²) in [5, 5.41) is 8.78. The molecule has 0 atom stereocenters. The van der Waals surface area contributed by atoms with Gasteiger partial charge in [0.1, 0.15) is 6.61 Å². The van der Waals surface area contributed by atoms with E-state index in [-0.39, 0.29) is 18.1 Å². The van der Waals surface area contributed by atoms with Gasteiger partial charge in [0.05, 0.1) is 5.56 Å². The lowest BCUT2D eigenvalue weighted by atomic mass is 10.00. The predicted octanol–water partition coefficient (Wildman–Crippen LogP) is 2.05. The number of hydrogen-bond donors (Lipinski definition) is 1. The summed E-state index contributed by atoms with van der Waals surface area (Å²) >= 11 is 0. The van der Waals surface area contributed by atoms with Gasteiger partial charge in [0, 0.05) is 17.6 Å². The Bertz CT molecular complexity index is 537. The Balaban J connectivity index is 2.34. The summed E-state index contributed by atoms with van der Waals surface area (Å²) in [7, 11) is 0. The molecule has 1 fully saturated rings. The van der Waals surface area contributed by atoms with Gasteiger partial charge in [0.15, 0.2) is 0 Å². The van der Waals surface area contributed by atoms with Gasteiger partial charge < -0.3 is 10.0 Å². The van der Waals surface area contributed by atoms with Crippen molar-refractivity contribution in [1.82, 2.24) is 4.90 Å². The highest BCUT2D eigenvalue weighted by atomic mass is 16.2. The van der Waals surface area contributed by atoms with Crippen LogP contribution in [0.15, 0.2) is 24.3 Å². The van der Waals surface area contributed by atoms with Crippen molar-refractivity contribution < 1.29 is 9.90 Å². The predicted molar refractivity (Wildman–Crippen MR) is 74.8 cm³/mol. The molecule has 2 rings (SSSR count). The van der Waals surface area contributed by atoms with Crippen LogP contribution in [0.3, 0.4) is 0 Å². The van der Waals surface area contributed by atoms with Gasteiger partial charge in [-0.2, -0.15) is 0 Å². The Kier molecular flexibility index (Phi) is 3.92. The fraction of sp³-hybridized carbons (Fsp3) is 0.438. The number of benzene rings is 1. The molecule has 100 valence electrons. The first-order valence-corrected chi connectivity index (χ1v) is 6.57. The summed E-state index contributed by atoms with van der Waals surface area (Å²) in [6, 6.07) is 7.32. The minimum Gasteiger partial charge on any atom is -0.384 e. The van der Waals surface area contributed by atoms with E-state index in [4.69, 9.17) is 5.11 Å². The molecular formula is C16H19NO2. The Labute approximate surface area is 114 Å². The number of hydrogen-bond acceptors (Lipinski definition) is 2. The van der Waals surface area contributed by atoms with E-state index in [0.29, 0.717) is 11.1 Å². The lowest BCUT2D eigenvalue weighted by molar-refractivity contribution is 0.0651. The van der Waals surface area contributed by atoms with Gasteiger partial charge in [-0.25, -0.2) is 0 Å². The highest BCUT2D eigenvalue weighted by Gasteiger charge is 2.36. The third-order valence-electron chi connectivity index (χ3n) is 3.61. The molecule has 3 nitrogen and oxygen atoms in total. The van der Waals surface area contributed by atoms with Crippen LogP contribution >= 0.6 is 0 Å².